The van der Waals surface area contributed by atoms with Crippen LogP contribution < -0.4 is 5.32 Å². The maximum atomic E-state index is 11.0. The molecule has 0 aromatic rings. The quantitative estimate of drug-likeness (QED) is 0.698. The molecule has 1 aliphatic heterocycles. The summed E-state index contributed by atoms with van der Waals surface area (Å²) < 4.78 is 0. The largest absolute Gasteiger partial charge is 0.480 e. The highest BCUT2D eigenvalue weighted by Gasteiger charge is 2.30. The lowest BCUT2D eigenvalue weighted by molar-refractivity contribution is -0.140. The Bertz CT molecular complexity index is 241. The Kier molecular flexibility index (Phi) is 3.26. The van der Waals surface area contributed by atoms with Crippen molar-refractivity contribution in [3.63, 3.8) is 0 Å². The van der Waals surface area contributed by atoms with Crippen molar-refractivity contribution in [2.75, 3.05) is 19.6 Å². The molecule has 15 heavy (non-hydrogen) atoms. The highest BCUT2D eigenvalue weighted by atomic mass is 16.4. The Morgan fingerprint density at radius 2 is 2.27 bits per heavy atom. The smallest absolute Gasteiger partial charge is 0.322 e. The monoisotopic (exact) mass is 212 g/mol. The lowest BCUT2D eigenvalue weighted by Gasteiger charge is -2.21. The van der Waals surface area contributed by atoms with E-state index in [1.807, 2.05) is 0 Å². The van der Waals surface area contributed by atoms with Crippen LogP contribution in [0.1, 0.15) is 26.2 Å². The number of rotatable bonds is 5. The Balaban J connectivity index is 1.79. The summed E-state index contributed by atoms with van der Waals surface area (Å²) in [6.45, 7) is 4.99. The molecule has 4 heteroatoms. The van der Waals surface area contributed by atoms with Gasteiger partial charge in [-0.2, -0.15) is 0 Å². The first-order chi connectivity index (χ1) is 7.15. The molecule has 2 aliphatic rings. The Hall–Kier alpha value is -0.610. The molecule has 2 N–H and O–H groups in total. The third kappa shape index (κ3) is 3.18. The van der Waals surface area contributed by atoms with E-state index in [1.165, 1.54) is 6.42 Å². The van der Waals surface area contributed by atoms with Crippen molar-refractivity contribution in [1.29, 1.82) is 0 Å². The number of carbonyl (C=O) groups is 1. The van der Waals surface area contributed by atoms with Crippen molar-refractivity contribution in [2.45, 2.75) is 38.3 Å². The number of nitrogens with one attached hydrogen (secondary N) is 1. The second-order valence-electron chi connectivity index (χ2n) is 4.99. The molecule has 86 valence electrons. The fraction of sp³-hybridized carbons (Fsp3) is 0.909. The van der Waals surface area contributed by atoms with Crippen molar-refractivity contribution in [1.82, 2.24) is 10.2 Å². The van der Waals surface area contributed by atoms with Gasteiger partial charge in [-0.05, 0) is 31.7 Å². The number of hydrogen-bond acceptors (Lipinski definition) is 3. The summed E-state index contributed by atoms with van der Waals surface area (Å²) in [7, 11) is 0. The molecule has 0 radical (unpaired) electrons. The van der Waals surface area contributed by atoms with Crippen LogP contribution in [0.15, 0.2) is 0 Å². The van der Waals surface area contributed by atoms with E-state index in [2.05, 4.69) is 17.1 Å². The number of carboxylic acids is 1. The lowest BCUT2D eigenvalue weighted by Crippen LogP contribution is -2.46. The van der Waals surface area contributed by atoms with Crippen LogP contribution in [0.2, 0.25) is 0 Å². The average molecular weight is 212 g/mol. The Morgan fingerprint density at radius 1 is 1.53 bits per heavy atom. The summed E-state index contributed by atoms with van der Waals surface area (Å²) in [6.07, 6.45) is 3.48. The zero-order valence-corrected chi connectivity index (χ0v) is 9.28. The second-order valence-corrected chi connectivity index (χ2v) is 4.99. The van der Waals surface area contributed by atoms with Gasteiger partial charge in [0.25, 0.3) is 0 Å². The highest BCUT2D eigenvalue weighted by molar-refractivity contribution is 5.73. The third-order valence-electron chi connectivity index (χ3n) is 3.26. The van der Waals surface area contributed by atoms with Crippen LogP contribution in [0.3, 0.4) is 0 Å². The molecule has 1 saturated heterocycles. The summed E-state index contributed by atoms with van der Waals surface area (Å²) in [4.78, 5) is 13.3. The topological polar surface area (TPSA) is 52.6 Å². The molecule has 2 unspecified atom stereocenters. The van der Waals surface area contributed by atoms with Gasteiger partial charge >= 0.3 is 5.97 Å². The van der Waals surface area contributed by atoms with E-state index in [4.69, 9.17) is 5.11 Å². The van der Waals surface area contributed by atoms with Crippen LogP contribution >= 0.6 is 0 Å². The van der Waals surface area contributed by atoms with Crippen molar-refractivity contribution >= 4 is 5.97 Å². The molecule has 0 amide bonds. The first kappa shape index (κ1) is 10.9. The minimum atomic E-state index is -0.707. The first-order valence-corrected chi connectivity index (χ1v) is 5.86. The zero-order valence-electron chi connectivity index (χ0n) is 9.28. The van der Waals surface area contributed by atoms with Crippen molar-refractivity contribution in [3.05, 3.63) is 0 Å². The molecule has 1 aliphatic carbocycles. The van der Waals surface area contributed by atoms with Gasteiger partial charge in [-0.25, -0.2) is 0 Å². The molecule has 2 fully saturated rings. The Labute approximate surface area is 90.6 Å². The van der Waals surface area contributed by atoms with Gasteiger partial charge in [0.15, 0.2) is 0 Å². The molecule has 0 aromatic carbocycles. The molecule has 0 aromatic heterocycles. The van der Waals surface area contributed by atoms with Gasteiger partial charge < -0.3 is 15.3 Å². The second kappa shape index (κ2) is 4.49. The van der Waals surface area contributed by atoms with E-state index < -0.39 is 5.97 Å². The minimum Gasteiger partial charge on any atom is -0.480 e. The highest BCUT2D eigenvalue weighted by Crippen LogP contribution is 2.20. The van der Waals surface area contributed by atoms with E-state index >= 15 is 0 Å². The molecule has 0 spiro atoms. The maximum absolute atomic E-state index is 11.0. The summed E-state index contributed by atoms with van der Waals surface area (Å²) in [5.41, 5.74) is 0. The van der Waals surface area contributed by atoms with Gasteiger partial charge in [0.2, 0.25) is 0 Å². The standard InChI is InChI=1S/C11H20N2O2/c1-8-4-5-13(6-8)7-10(11(14)15)12-9-2-3-9/h8-10,12H,2-7H2,1H3,(H,14,15). The number of carboxylic acid groups (broad SMARTS) is 1. The maximum Gasteiger partial charge on any atom is 0.322 e. The third-order valence-corrected chi connectivity index (χ3v) is 3.26. The normalized spacial score (nSPS) is 29.3. The summed E-state index contributed by atoms with van der Waals surface area (Å²) >= 11 is 0. The fourth-order valence-corrected chi connectivity index (χ4v) is 2.19. The Morgan fingerprint density at radius 3 is 2.73 bits per heavy atom. The van der Waals surface area contributed by atoms with Gasteiger partial charge in [0.05, 0.1) is 0 Å². The number of aliphatic carboxylic acids is 1. The zero-order chi connectivity index (χ0) is 10.8. The molecule has 0 bridgehead atoms. The summed E-state index contributed by atoms with van der Waals surface area (Å²) in [5.74, 6) is 0.0156. The van der Waals surface area contributed by atoms with E-state index in [0.717, 1.165) is 31.8 Å². The van der Waals surface area contributed by atoms with Crippen LogP contribution in [0.25, 0.3) is 0 Å². The molecular formula is C11H20N2O2. The van der Waals surface area contributed by atoms with Gasteiger partial charge in [-0.3, -0.25) is 4.79 Å². The van der Waals surface area contributed by atoms with Crippen LogP contribution in [0.4, 0.5) is 0 Å². The predicted octanol–water partition coefficient (Wildman–Crippen LogP) is 0.533. The van der Waals surface area contributed by atoms with Crippen LogP contribution in [-0.4, -0.2) is 47.7 Å². The van der Waals surface area contributed by atoms with E-state index in [1.54, 1.807) is 0 Å². The van der Waals surface area contributed by atoms with E-state index in [9.17, 15) is 4.79 Å². The molecular weight excluding hydrogens is 192 g/mol. The summed E-state index contributed by atoms with van der Waals surface area (Å²) in [5, 5.41) is 12.3. The average Bonchev–Trinajstić information content (AvgIpc) is 2.89. The summed E-state index contributed by atoms with van der Waals surface area (Å²) in [6, 6.07) is 0.0916. The van der Waals surface area contributed by atoms with Gasteiger partial charge in [-0.1, -0.05) is 6.92 Å². The number of likely N-dealkylation sites (tertiary alicyclic amines) is 1. The van der Waals surface area contributed by atoms with Crippen molar-refractivity contribution < 1.29 is 9.90 Å². The van der Waals surface area contributed by atoms with E-state index in [0.29, 0.717) is 12.6 Å². The lowest BCUT2D eigenvalue weighted by atomic mass is 10.2. The van der Waals surface area contributed by atoms with Gasteiger partial charge in [0, 0.05) is 19.1 Å². The molecule has 2 atom stereocenters. The number of nitrogens with zero attached hydrogens (tertiary/aromatic N) is 1. The molecule has 1 heterocycles. The van der Waals surface area contributed by atoms with Crippen molar-refractivity contribution in [2.24, 2.45) is 5.92 Å². The van der Waals surface area contributed by atoms with Crippen LogP contribution in [-0.2, 0) is 4.79 Å². The first-order valence-electron chi connectivity index (χ1n) is 5.86. The van der Waals surface area contributed by atoms with E-state index in [-0.39, 0.29) is 6.04 Å². The number of hydrogen-bond donors (Lipinski definition) is 2. The van der Waals surface area contributed by atoms with Crippen LogP contribution in [0, 0.1) is 5.92 Å². The predicted molar refractivity (Wildman–Crippen MR) is 57.8 cm³/mol. The fourth-order valence-electron chi connectivity index (χ4n) is 2.19. The van der Waals surface area contributed by atoms with Crippen LogP contribution in [0.5, 0.6) is 0 Å². The molecule has 1 saturated carbocycles. The molecule has 4 nitrogen and oxygen atoms in total. The van der Waals surface area contributed by atoms with Crippen molar-refractivity contribution in [3.8, 4) is 0 Å². The molecule has 2 rings (SSSR count). The van der Waals surface area contributed by atoms with Gasteiger partial charge in [-0.15, -0.1) is 0 Å². The minimum absolute atomic E-state index is 0.372. The van der Waals surface area contributed by atoms with Gasteiger partial charge in [0.1, 0.15) is 6.04 Å². The SMILES string of the molecule is CC1CCN(CC(NC2CC2)C(=O)O)C1.